The average molecular weight is 205 g/mol. The van der Waals surface area contributed by atoms with Gasteiger partial charge in [-0.2, -0.15) is 0 Å². The van der Waals surface area contributed by atoms with E-state index in [2.05, 4.69) is 19.2 Å². The zero-order valence-corrected chi connectivity index (χ0v) is 11.5. The Kier molecular flexibility index (Phi) is 65.4. The van der Waals surface area contributed by atoms with Crippen LogP contribution < -0.4 is 5.32 Å². The van der Waals surface area contributed by atoms with Crippen LogP contribution in [0.15, 0.2) is 0 Å². The van der Waals surface area contributed by atoms with E-state index in [1.54, 1.807) is 7.05 Å². The molecule has 0 saturated heterocycles. The Morgan fingerprint density at radius 3 is 1.36 bits per heavy atom. The molecule has 1 amide bonds. The van der Waals surface area contributed by atoms with E-state index in [1.807, 2.05) is 34.6 Å². The molecule has 2 nitrogen and oxygen atoms in total. The van der Waals surface area contributed by atoms with Crippen LogP contribution in [-0.2, 0) is 4.79 Å². The fourth-order valence-corrected chi connectivity index (χ4v) is 0.352. The van der Waals surface area contributed by atoms with Crippen LogP contribution in [0.5, 0.6) is 0 Å². The zero-order valence-electron chi connectivity index (χ0n) is 11.5. The maximum atomic E-state index is 10.3. The van der Waals surface area contributed by atoms with Gasteiger partial charge < -0.3 is 5.32 Å². The number of rotatable bonds is 2. The lowest BCUT2D eigenvalue weighted by Gasteiger charge is -1.91. The molecule has 2 heteroatoms. The van der Waals surface area contributed by atoms with Gasteiger partial charge in [-0.3, -0.25) is 4.79 Å². The predicted octanol–water partition coefficient (Wildman–Crippen LogP) is 4.00. The highest BCUT2D eigenvalue weighted by atomic mass is 16.1. The van der Waals surface area contributed by atoms with Crippen molar-refractivity contribution >= 4 is 5.91 Å². The molecule has 0 atom stereocenters. The third-order valence-corrected chi connectivity index (χ3v) is 0.756. The summed E-state index contributed by atoms with van der Waals surface area (Å²) in [6, 6.07) is 0. The Morgan fingerprint density at radius 1 is 1.00 bits per heavy atom. The molecule has 0 fully saturated rings. The van der Waals surface area contributed by atoms with Crippen molar-refractivity contribution in [3.05, 3.63) is 0 Å². The molecule has 0 aromatic rings. The molecular formula is C12H31NO. The van der Waals surface area contributed by atoms with Crippen molar-refractivity contribution in [3.63, 3.8) is 0 Å². The molecule has 0 aliphatic rings. The van der Waals surface area contributed by atoms with Crippen LogP contribution in [0, 0.1) is 0 Å². The second kappa shape index (κ2) is 39.2. The summed E-state index contributed by atoms with van der Waals surface area (Å²) in [5, 5.41) is 2.53. The quantitative estimate of drug-likeness (QED) is 0.725. The van der Waals surface area contributed by atoms with Gasteiger partial charge in [0.05, 0.1) is 0 Å². The molecule has 0 radical (unpaired) electrons. The lowest BCUT2D eigenvalue weighted by Crippen LogP contribution is -2.16. The second-order valence-corrected chi connectivity index (χ2v) is 2.13. The molecule has 0 aromatic heterocycles. The first-order chi connectivity index (χ1) is 6.72. The van der Waals surface area contributed by atoms with Crippen LogP contribution in [-0.4, -0.2) is 13.0 Å². The molecule has 0 heterocycles. The van der Waals surface area contributed by atoms with Gasteiger partial charge in [0.1, 0.15) is 0 Å². The Bertz CT molecular complexity index is 72.7. The topological polar surface area (TPSA) is 29.1 Å². The number of nitrogens with one attached hydrogen (secondary N) is 1. The normalized spacial score (nSPS) is 6.29. The van der Waals surface area contributed by atoms with Gasteiger partial charge in [0.15, 0.2) is 0 Å². The summed E-state index contributed by atoms with van der Waals surface area (Å²) in [6.45, 7) is 14.2. The highest BCUT2D eigenvalue weighted by Gasteiger charge is 1.89. The van der Waals surface area contributed by atoms with Crippen molar-refractivity contribution in [1.29, 1.82) is 0 Å². The molecule has 1 N–H and O–H groups in total. The molecule has 0 bridgehead atoms. The van der Waals surface area contributed by atoms with Crippen molar-refractivity contribution in [1.82, 2.24) is 5.32 Å². The minimum Gasteiger partial charge on any atom is -0.359 e. The molecule has 0 aliphatic heterocycles. The highest BCUT2D eigenvalue weighted by molar-refractivity contribution is 5.75. The summed E-state index contributed by atoms with van der Waals surface area (Å²) in [7, 11) is 1.65. The molecule has 0 rings (SSSR count). The maximum Gasteiger partial charge on any atom is 0.219 e. The van der Waals surface area contributed by atoms with Crippen LogP contribution in [0.4, 0.5) is 0 Å². The van der Waals surface area contributed by atoms with E-state index in [4.69, 9.17) is 0 Å². The zero-order chi connectivity index (χ0) is 12.4. The first-order valence-electron chi connectivity index (χ1n) is 5.93. The molecule has 14 heavy (non-hydrogen) atoms. The van der Waals surface area contributed by atoms with Gasteiger partial charge in [-0.05, 0) is 6.42 Å². The fourth-order valence-electron chi connectivity index (χ4n) is 0.352. The summed E-state index contributed by atoms with van der Waals surface area (Å²) >= 11 is 0. The van der Waals surface area contributed by atoms with E-state index < -0.39 is 0 Å². The molecule has 0 saturated carbocycles. The number of hydrogen-bond acceptors (Lipinski definition) is 1. The third-order valence-electron chi connectivity index (χ3n) is 0.756. The van der Waals surface area contributed by atoms with Crippen LogP contribution in [0.1, 0.15) is 67.7 Å². The predicted molar refractivity (Wildman–Crippen MR) is 67.6 cm³/mol. The number of carbonyl (C=O) groups excluding carboxylic acids is 1. The molecule has 0 aromatic carbocycles. The standard InChI is InChI=1S/C5H11NO.C3H8.2C2H6/c1-3-4-5(7)6-2;1-3-2;2*1-2/h3-4H2,1-2H3,(H,6,7);3H2,1-2H3;2*1-2H3. The minimum absolute atomic E-state index is 0.127. The SMILES string of the molecule is CC.CC.CCC.CCCC(=O)NC. The summed E-state index contributed by atoms with van der Waals surface area (Å²) in [5.74, 6) is 0.127. The average Bonchev–Trinajstić information content (AvgIpc) is 2.25. The monoisotopic (exact) mass is 205 g/mol. The van der Waals surface area contributed by atoms with Crippen LogP contribution in [0.3, 0.4) is 0 Å². The van der Waals surface area contributed by atoms with Crippen LogP contribution in [0.25, 0.3) is 0 Å². The minimum atomic E-state index is 0.127. The van der Waals surface area contributed by atoms with Crippen LogP contribution in [0.2, 0.25) is 0 Å². The smallest absolute Gasteiger partial charge is 0.219 e. The number of hydrogen-bond donors (Lipinski definition) is 1. The Morgan fingerprint density at radius 2 is 1.29 bits per heavy atom. The highest BCUT2D eigenvalue weighted by Crippen LogP contribution is 1.82. The van der Waals surface area contributed by atoms with E-state index in [0.29, 0.717) is 6.42 Å². The van der Waals surface area contributed by atoms with Gasteiger partial charge in [0, 0.05) is 13.5 Å². The second-order valence-electron chi connectivity index (χ2n) is 2.13. The lowest BCUT2D eigenvalue weighted by atomic mass is 10.3. The summed E-state index contributed by atoms with van der Waals surface area (Å²) < 4.78 is 0. The van der Waals surface area contributed by atoms with Crippen molar-refractivity contribution in [2.45, 2.75) is 67.7 Å². The van der Waals surface area contributed by atoms with E-state index >= 15 is 0 Å². The number of carbonyl (C=O) groups is 1. The summed E-state index contributed by atoms with van der Waals surface area (Å²) in [4.78, 5) is 10.3. The van der Waals surface area contributed by atoms with Crippen molar-refractivity contribution < 1.29 is 4.79 Å². The first-order valence-corrected chi connectivity index (χ1v) is 5.93. The van der Waals surface area contributed by atoms with Crippen molar-refractivity contribution in [2.24, 2.45) is 0 Å². The largest absolute Gasteiger partial charge is 0.359 e. The first kappa shape index (κ1) is 23.4. The lowest BCUT2D eigenvalue weighted by molar-refractivity contribution is -0.120. The van der Waals surface area contributed by atoms with E-state index in [9.17, 15) is 4.79 Å². The van der Waals surface area contributed by atoms with Gasteiger partial charge >= 0.3 is 0 Å². The Hall–Kier alpha value is -0.530. The third kappa shape index (κ3) is 62.9. The van der Waals surface area contributed by atoms with Crippen molar-refractivity contribution in [2.75, 3.05) is 7.05 Å². The Labute approximate surface area is 91.5 Å². The summed E-state index contributed by atoms with van der Waals surface area (Å²) in [6.07, 6.45) is 2.83. The number of amides is 1. The van der Waals surface area contributed by atoms with Crippen molar-refractivity contribution in [3.8, 4) is 0 Å². The van der Waals surface area contributed by atoms with Gasteiger partial charge in [-0.15, -0.1) is 0 Å². The molecular weight excluding hydrogens is 174 g/mol. The summed E-state index contributed by atoms with van der Waals surface area (Å²) in [5.41, 5.74) is 0. The maximum absolute atomic E-state index is 10.3. The molecule has 0 unspecified atom stereocenters. The van der Waals surface area contributed by atoms with E-state index in [-0.39, 0.29) is 5.91 Å². The Balaban J connectivity index is -0.0000000603. The molecule has 0 aliphatic carbocycles. The molecule has 90 valence electrons. The fraction of sp³-hybridized carbons (Fsp3) is 0.917. The van der Waals surface area contributed by atoms with E-state index in [1.165, 1.54) is 6.42 Å². The van der Waals surface area contributed by atoms with Gasteiger partial charge in [0.2, 0.25) is 5.91 Å². The van der Waals surface area contributed by atoms with Gasteiger partial charge in [0.25, 0.3) is 0 Å². The van der Waals surface area contributed by atoms with Crippen LogP contribution >= 0.6 is 0 Å². The molecule has 0 spiro atoms. The van der Waals surface area contributed by atoms with Gasteiger partial charge in [-0.1, -0.05) is 54.9 Å². The van der Waals surface area contributed by atoms with Gasteiger partial charge in [-0.25, -0.2) is 0 Å². The van der Waals surface area contributed by atoms with E-state index in [0.717, 1.165) is 6.42 Å².